The maximum atomic E-state index is 12.3. The van der Waals surface area contributed by atoms with Crippen LogP contribution in [0.1, 0.15) is 10.4 Å². The quantitative estimate of drug-likeness (QED) is 0.747. The van der Waals surface area contributed by atoms with Crippen LogP contribution in [-0.4, -0.2) is 32.3 Å². The van der Waals surface area contributed by atoms with E-state index >= 15 is 0 Å². The highest BCUT2D eigenvalue weighted by molar-refractivity contribution is 6.10. The SMILES string of the molecule is COC(=O)c1c(-c2ccc(OC)c(OC)c2)[nH]c2ccccc12. The first kappa shape index (κ1) is 15.0. The molecule has 5 heteroatoms. The summed E-state index contributed by atoms with van der Waals surface area (Å²) in [7, 11) is 4.54. The van der Waals surface area contributed by atoms with E-state index in [1.54, 1.807) is 20.3 Å². The average molecular weight is 311 g/mol. The summed E-state index contributed by atoms with van der Waals surface area (Å²) in [5, 5.41) is 0.823. The zero-order valence-corrected chi connectivity index (χ0v) is 13.2. The molecule has 0 aliphatic rings. The van der Waals surface area contributed by atoms with Crippen molar-refractivity contribution in [1.82, 2.24) is 4.98 Å². The first-order valence-corrected chi connectivity index (χ1v) is 7.11. The molecule has 3 rings (SSSR count). The maximum Gasteiger partial charge on any atom is 0.340 e. The summed E-state index contributed by atoms with van der Waals surface area (Å²) < 4.78 is 15.6. The Labute approximate surface area is 133 Å². The molecule has 0 aliphatic carbocycles. The van der Waals surface area contributed by atoms with Gasteiger partial charge in [0.25, 0.3) is 0 Å². The van der Waals surface area contributed by atoms with Gasteiger partial charge in [-0.3, -0.25) is 0 Å². The third-order valence-electron chi connectivity index (χ3n) is 3.77. The lowest BCUT2D eigenvalue weighted by Crippen LogP contribution is -2.02. The molecule has 1 N–H and O–H groups in total. The van der Waals surface area contributed by atoms with Gasteiger partial charge in [0.2, 0.25) is 0 Å². The molecular weight excluding hydrogens is 294 g/mol. The molecule has 118 valence electrons. The molecule has 0 aliphatic heterocycles. The molecule has 2 aromatic carbocycles. The van der Waals surface area contributed by atoms with Crippen LogP contribution in [0.4, 0.5) is 0 Å². The van der Waals surface area contributed by atoms with Crippen molar-refractivity contribution in [3.05, 3.63) is 48.0 Å². The van der Waals surface area contributed by atoms with Crippen molar-refractivity contribution in [2.24, 2.45) is 0 Å². The van der Waals surface area contributed by atoms with Crippen LogP contribution < -0.4 is 9.47 Å². The second-order valence-electron chi connectivity index (χ2n) is 4.98. The number of para-hydroxylation sites is 1. The Hall–Kier alpha value is -2.95. The van der Waals surface area contributed by atoms with Gasteiger partial charge in [0.15, 0.2) is 11.5 Å². The van der Waals surface area contributed by atoms with Crippen molar-refractivity contribution >= 4 is 16.9 Å². The zero-order valence-electron chi connectivity index (χ0n) is 13.2. The monoisotopic (exact) mass is 311 g/mol. The minimum absolute atomic E-state index is 0.382. The van der Waals surface area contributed by atoms with Gasteiger partial charge in [-0.15, -0.1) is 0 Å². The number of fused-ring (bicyclic) bond motifs is 1. The number of benzene rings is 2. The van der Waals surface area contributed by atoms with Gasteiger partial charge in [-0.05, 0) is 24.3 Å². The minimum Gasteiger partial charge on any atom is -0.493 e. The number of carbonyl (C=O) groups excluding carboxylic acids is 1. The predicted molar refractivity (Wildman–Crippen MR) is 88.2 cm³/mol. The van der Waals surface area contributed by atoms with Gasteiger partial charge in [-0.25, -0.2) is 4.79 Å². The normalized spacial score (nSPS) is 10.6. The fraction of sp³-hybridized carbons (Fsp3) is 0.167. The second kappa shape index (κ2) is 6.04. The third kappa shape index (κ3) is 2.50. The highest BCUT2D eigenvalue weighted by atomic mass is 16.5. The van der Waals surface area contributed by atoms with Gasteiger partial charge in [-0.1, -0.05) is 18.2 Å². The van der Waals surface area contributed by atoms with Crippen LogP contribution >= 0.6 is 0 Å². The molecule has 0 amide bonds. The molecule has 3 aromatic rings. The number of rotatable bonds is 4. The van der Waals surface area contributed by atoms with Gasteiger partial charge in [0.1, 0.15) is 0 Å². The van der Waals surface area contributed by atoms with E-state index in [9.17, 15) is 4.79 Å². The number of methoxy groups -OCH3 is 3. The molecular formula is C18H17NO4. The van der Waals surface area contributed by atoms with Crippen molar-refractivity contribution in [2.75, 3.05) is 21.3 Å². The predicted octanol–water partition coefficient (Wildman–Crippen LogP) is 3.64. The van der Waals surface area contributed by atoms with Crippen molar-refractivity contribution in [3.63, 3.8) is 0 Å². The number of aromatic nitrogens is 1. The molecule has 5 nitrogen and oxygen atoms in total. The largest absolute Gasteiger partial charge is 0.493 e. The maximum absolute atomic E-state index is 12.3. The van der Waals surface area contributed by atoms with Gasteiger partial charge in [0, 0.05) is 16.5 Å². The number of hydrogen-bond acceptors (Lipinski definition) is 4. The Kier molecular flexibility index (Phi) is 3.93. The van der Waals surface area contributed by atoms with Crippen molar-refractivity contribution in [2.45, 2.75) is 0 Å². The number of hydrogen-bond donors (Lipinski definition) is 1. The van der Waals surface area contributed by atoms with Gasteiger partial charge in [0.05, 0.1) is 32.6 Å². The van der Waals surface area contributed by atoms with Gasteiger partial charge >= 0.3 is 5.97 Å². The minimum atomic E-state index is -0.382. The van der Waals surface area contributed by atoms with E-state index < -0.39 is 0 Å². The van der Waals surface area contributed by atoms with E-state index in [0.717, 1.165) is 16.5 Å². The lowest BCUT2D eigenvalue weighted by molar-refractivity contribution is 0.0604. The smallest absolute Gasteiger partial charge is 0.340 e. The summed E-state index contributed by atoms with van der Waals surface area (Å²) >= 11 is 0. The highest BCUT2D eigenvalue weighted by Crippen LogP contribution is 2.36. The fourth-order valence-corrected chi connectivity index (χ4v) is 2.66. The van der Waals surface area contributed by atoms with Crippen LogP contribution in [0, 0.1) is 0 Å². The number of nitrogens with one attached hydrogen (secondary N) is 1. The van der Waals surface area contributed by atoms with Crippen LogP contribution in [0.3, 0.4) is 0 Å². The number of aromatic amines is 1. The van der Waals surface area contributed by atoms with E-state index in [4.69, 9.17) is 14.2 Å². The second-order valence-corrected chi connectivity index (χ2v) is 4.98. The molecule has 1 aromatic heterocycles. The van der Waals surface area contributed by atoms with E-state index in [1.165, 1.54) is 7.11 Å². The Morgan fingerprint density at radius 1 is 0.957 bits per heavy atom. The number of H-pyrrole nitrogens is 1. The average Bonchev–Trinajstić information content (AvgIpc) is 2.99. The van der Waals surface area contributed by atoms with Crippen molar-refractivity contribution < 1.29 is 19.0 Å². The molecule has 0 spiro atoms. The Balaban J connectivity index is 2.25. The topological polar surface area (TPSA) is 60.6 Å². The van der Waals surface area contributed by atoms with Crippen LogP contribution in [0.25, 0.3) is 22.2 Å². The lowest BCUT2D eigenvalue weighted by Gasteiger charge is -2.10. The fourth-order valence-electron chi connectivity index (χ4n) is 2.66. The number of carbonyl (C=O) groups is 1. The molecule has 0 radical (unpaired) electrons. The molecule has 0 atom stereocenters. The molecule has 0 saturated heterocycles. The number of ether oxygens (including phenoxy) is 3. The summed E-state index contributed by atoms with van der Waals surface area (Å²) in [6, 6.07) is 13.1. The molecule has 0 saturated carbocycles. The van der Waals surface area contributed by atoms with E-state index in [2.05, 4.69) is 4.98 Å². The highest BCUT2D eigenvalue weighted by Gasteiger charge is 2.21. The van der Waals surface area contributed by atoms with Crippen LogP contribution in [0.5, 0.6) is 11.5 Å². The Bertz CT molecular complexity index is 867. The first-order valence-electron chi connectivity index (χ1n) is 7.11. The standard InChI is InChI=1S/C18H17NO4/c1-21-14-9-8-11(10-15(14)22-2)17-16(18(20)23-3)12-6-4-5-7-13(12)19-17/h4-10,19H,1-3H3. The summed E-state index contributed by atoms with van der Waals surface area (Å²) in [6.07, 6.45) is 0. The van der Waals surface area contributed by atoms with Crippen LogP contribution in [0.2, 0.25) is 0 Å². The molecule has 1 heterocycles. The van der Waals surface area contributed by atoms with E-state index in [1.807, 2.05) is 36.4 Å². The Morgan fingerprint density at radius 2 is 1.70 bits per heavy atom. The summed E-state index contributed by atoms with van der Waals surface area (Å²) in [5.74, 6) is 0.846. The van der Waals surface area contributed by atoms with Crippen molar-refractivity contribution in [1.29, 1.82) is 0 Å². The van der Waals surface area contributed by atoms with E-state index in [0.29, 0.717) is 22.8 Å². The van der Waals surface area contributed by atoms with Gasteiger partial charge < -0.3 is 19.2 Å². The summed E-state index contributed by atoms with van der Waals surface area (Å²) in [5.41, 5.74) is 2.89. The van der Waals surface area contributed by atoms with Gasteiger partial charge in [-0.2, -0.15) is 0 Å². The summed E-state index contributed by atoms with van der Waals surface area (Å²) in [6.45, 7) is 0. The molecule has 0 fully saturated rings. The third-order valence-corrected chi connectivity index (χ3v) is 3.77. The lowest BCUT2D eigenvalue weighted by atomic mass is 10.0. The summed E-state index contributed by atoms with van der Waals surface area (Å²) in [4.78, 5) is 15.5. The van der Waals surface area contributed by atoms with E-state index in [-0.39, 0.29) is 5.97 Å². The Morgan fingerprint density at radius 3 is 2.39 bits per heavy atom. The first-order chi connectivity index (χ1) is 11.2. The zero-order chi connectivity index (χ0) is 16.4. The van der Waals surface area contributed by atoms with Crippen molar-refractivity contribution in [3.8, 4) is 22.8 Å². The molecule has 0 unspecified atom stereocenters. The number of esters is 1. The molecule has 23 heavy (non-hydrogen) atoms. The van der Waals surface area contributed by atoms with Crippen LogP contribution in [0.15, 0.2) is 42.5 Å². The molecule has 0 bridgehead atoms. The van der Waals surface area contributed by atoms with Crippen LogP contribution in [-0.2, 0) is 4.74 Å².